The molecule has 0 radical (unpaired) electrons. The van der Waals surface area contributed by atoms with Crippen LogP contribution in [0.5, 0.6) is 0 Å². The smallest absolute Gasteiger partial charge is 0.154 e. The lowest BCUT2D eigenvalue weighted by molar-refractivity contribution is -0.123. The first-order valence-electron chi connectivity index (χ1n) is 9.88. The van der Waals surface area contributed by atoms with Gasteiger partial charge in [0.2, 0.25) is 0 Å². The Morgan fingerprint density at radius 3 is 2.37 bits per heavy atom. The number of likely N-dealkylation sites (N-methyl/N-ethyl adjacent to an activating group) is 1. The quantitative estimate of drug-likeness (QED) is 0.713. The van der Waals surface area contributed by atoms with Gasteiger partial charge in [0.1, 0.15) is 0 Å². The number of ether oxygens (including phenoxy) is 1. The molecule has 1 atom stereocenters. The van der Waals surface area contributed by atoms with Crippen LogP contribution in [-0.4, -0.2) is 50.6 Å². The number of rotatable bonds is 8. The molecule has 4 heteroatoms. The van der Waals surface area contributed by atoms with Crippen molar-refractivity contribution in [3.63, 3.8) is 0 Å². The van der Waals surface area contributed by atoms with Crippen LogP contribution in [0.3, 0.4) is 0 Å². The first kappa shape index (κ1) is 19.6. The highest BCUT2D eigenvalue weighted by atomic mass is 16.5. The van der Waals surface area contributed by atoms with Crippen LogP contribution in [0.1, 0.15) is 30.5 Å². The molecule has 1 heterocycles. The van der Waals surface area contributed by atoms with Crippen LogP contribution in [0.25, 0.3) is 0 Å². The predicted molar refractivity (Wildman–Crippen MR) is 110 cm³/mol. The van der Waals surface area contributed by atoms with Crippen molar-refractivity contribution in [3.05, 3.63) is 65.7 Å². The summed E-state index contributed by atoms with van der Waals surface area (Å²) in [5, 5.41) is 0. The Labute approximate surface area is 162 Å². The summed E-state index contributed by atoms with van der Waals surface area (Å²) < 4.78 is 5.43. The van der Waals surface area contributed by atoms with Crippen molar-refractivity contribution in [2.45, 2.75) is 25.8 Å². The molecule has 27 heavy (non-hydrogen) atoms. The molecule has 0 bridgehead atoms. The van der Waals surface area contributed by atoms with Gasteiger partial charge in [0.15, 0.2) is 5.78 Å². The molecule has 2 aromatic rings. The van der Waals surface area contributed by atoms with E-state index in [9.17, 15) is 4.79 Å². The second-order valence-corrected chi connectivity index (χ2v) is 7.13. The number of ketones is 1. The molecule has 0 aromatic heterocycles. The first-order valence-corrected chi connectivity index (χ1v) is 9.88. The molecule has 3 rings (SSSR count). The lowest BCUT2D eigenvalue weighted by Crippen LogP contribution is -2.36. The zero-order chi connectivity index (χ0) is 19.1. The van der Waals surface area contributed by atoms with Gasteiger partial charge in [-0.25, -0.2) is 0 Å². The molecule has 4 nitrogen and oxygen atoms in total. The Balaban J connectivity index is 1.70. The van der Waals surface area contributed by atoms with Crippen molar-refractivity contribution in [2.75, 3.05) is 44.8 Å². The summed E-state index contributed by atoms with van der Waals surface area (Å²) in [6.07, 6.45) is 1.49. The third-order valence-electron chi connectivity index (χ3n) is 5.28. The summed E-state index contributed by atoms with van der Waals surface area (Å²) in [4.78, 5) is 17.2. The maximum Gasteiger partial charge on any atom is 0.154 e. The SMILES string of the molecule is CCC(=O)C(c1ccc(N2CCOCC2)cc1)N(C)CCc1ccccc1. The van der Waals surface area contributed by atoms with E-state index in [0.717, 1.165) is 44.8 Å². The predicted octanol–water partition coefficient (Wildman–Crippen LogP) is 3.72. The average molecular weight is 367 g/mol. The number of nitrogens with zero attached hydrogens (tertiary/aromatic N) is 2. The summed E-state index contributed by atoms with van der Waals surface area (Å²) in [7, 11) is 2.05. The molecule has 1 saturated heterocycles. The van der Waals surface area contributed by atoms with E-state index in [1.165, 1.54) is 11.3 Å². The molecular formula is C23H30N2O2. The number of benzene rings is 2. The largest absolute Gasteiger partial charge is 0.378 e. The van der Waals surface area contributed by atoms with E-state index in [-0.39, 0.29) is 11.8 Å². The molecule has 0 aliphatic carbocycles. The topological polar surface area (TPSA) is 32.8 Å². The minimum Gasteiger partial charge on any atom is -0.378 e. The molecule has 1 unspecified atom stereocenters. The monoisotopic (exact) mass is 366 g/mol. The molecule has 0 saturated carbocycles. The first-order chi connectivity index (χ1) is 13.2. The molecular weight excluding hydrogens is 336 g/mol. The Bertz CT molecular complexity index is 709. The maximum absolute atomic E-state index is 12.7. The molecule has 1 fully saturated rings. The van der Waals surface area contributed by atoms with Gasteiger partial charge in [-0.2, -0.15) is 0 Å². The van der Waals surface area contributed by atoms with Gasteiger partial charge in [0.05, 0.1) is 19.3 Å². The van der Waals surface area contributed by atoms with Gasteiger partial charge in [-0.05, 0) is 36.7 Å². The highest BCUT2D eigenvalue weighted by molar-refractivity contribution is 5.85. The molecule has 0 N–H and O–H groups in total. The van der Waals surface area contributed by atoms with E-state index in [1.54, 1.807) is 0 Å². The fourth-order valence-corrected chi connectivity index (χ4v) is 3.65. The van der Waals surface area contributed by atoms with Gasteiger partial charge in [-0.3, -0.25) is 9.69 Å². The van der Waals surface area contributed by atoms with E-state index < -0.39 is 0 Å². The van der Waals surface area contributed by atoms with Crippen molar-refractivity contribution in [3.8, 4) is 0 Å². The third kappa shape index (κ3) is 5.18. The fraction of sp³-hybridized carbons (Fsp3) is 0.435. The Hall–Kier alpha value is -2.17. The highest BCUT2D eigenvalue weighted by Gasteiger charge is 2.24. The van der Waals surface area contributed by atoms with Gasteiger partial charge in [-0.15, -0.1) is 0 Å². The van der Waals surface area contributed by atoms with Crippen LogP contribution in [0.2, 0.25) is 0 Å². The summed E-state index contributed by atoms with van der Waals surface area (Å²) >= 11 is 0. The maximum atomic E-state index is 12.7. The summed E-state index contributed by atoms with van der Waals surface area (Å²) in [5.41, 5.74) is 3.58. The van der Waals surface area contributed by atoms with Gasteiger partial charge in [0.25, 0.3) is 0 Å². The van der Waals surface area contributed by atoms with E-state index in [2.05, 4.69) is 65.4 Å². The summed E-state index contributed by atoms with van der Waals surface area (Å²) in [5.74, 6) is 0.268. The minimum atomic E-state index is -0.183. The lowest BCUT2D eigenvalue weighted by Gasteiger charge is -2.30. The zero-order valence-electron chi connectivity index (χ0n) is 16.4. The van der Waals surface area contributed by atoms with Crippen molar-refractivity contribution in [1.82, 2.24) is 4.90 Å². The summed E-state index contributed by atoms with van der Waals surface area (Å²) in [6.45, 7) is 6.21. The number of hydrogen-bond acceptors (Lipinski definition) is 4. The molecule has 1 aliphatic heterocycles. The van der Waals surface area contributed by atoms with Gasteiger partial charge >= 0.3 is 0 Å². The number of Topliss-reactive ketones (excluding diaryl/α,β-unsaturated/α-hetero) is 1. The number of anilines is 1. The normalized spacial score (nSPS) is 15.7. The standard InChI is InChI=1S/C23H30N2O2/c1-3-22(26)23(24(2)14-13-19-7-5-4-6-8-19)20-9-11-21(12-10-20)25-15-17-27-18-16-25/h4-12,23H,3,13-18H2,1-2H3. The molecule has 2 aromatic carbocycles. The second-order valence-electron chi connectivity index (χ2n) is 7.13. The van der Waals surface area contributed by atoms with Crippen LogP contribution >= 0.6 is 0 Å². The van der Waals surface area contributed by atoms with Crippen molar-refractivity contribution >= 4 is 11.5 Å². The molecule has 144 valence electrons. The Kier molecular flexibility index (Phi) is 7.02. The number of hydrogen-bond donors (Lipinski definition) is 0. The van der Waals surface area contributed by atoms with E-state index in [1.807, 2.05) is 13.0 Å². The minimum absolute atomic E-state index is 0.183. The average Bonchev–Trinajstić information content (AvgIpc) is 2.74. The third-order valence-corrected chi connectivity index (χ3v) is 5.28. The molecule has 1 aliphatic rings. The van der Waals surface area contributed by atoms with Crippen molar-refractivity contribution in [1.29, 1.82) is 0 Å². The van der Waals surface area contributed by atoms with Crippen molar-refractivity contribution < 1.29 is 9.53 Å². The second kappa shape index (κ2) is 9.67. The van der Waals surface area contributed by atoms with Crippen LogP contribution in [0.15, 0.2) is 54.6 Å². The van der Waals surface area contributed by atoms with E-state index in [4.69, 9.17) is 4.74 Å². The Morgan fingerprint density at radius 1 is 1.07 bits per heavy atom. The highest BCUT2D eigenvalue weighted by Crippen LogP contribution is 2.25. The Morgan fingerprint density at radius 2 is 1.74 bits per heavy atom. The van der Waals surface area contributed by atoms with Crippen LogP contribution in [0, 0.1) is 0 Å². The van der Waals surface area contributed by atoms with E-state index >= 15 is 0 Å². The number of carbonyl (C=O) groups is 1. The van der Waals surface area contributed by atoms with Gasteiger partial charge < -0.3 is 9.64 Å². The van der Waals surface area contributed by atoms with Crippen LogP contribution < -0.4 is 4.90 Å². The van der Waals surface area contributed by atoms with Gasteiger partial charge in [0, 0.05) is 31.7 Å². The lowest BCUT2D eigenvalue weighted by atomic mass is 9.98. The molecule has 0 amide bonds. The number of morpholine rings is 1. The summed E-state index contributed by atoms with van der Waals surface area (Å²) in [6, 6.07) is 18.8. The van der Waals surface area contributed by atoms with Crippen molar-refractivity contribution in [2.24, 2.45) is 0 Å². The fourth-order valence-electron chi connectivity index (χ4n) is 3.65. The van der Waals surface area contributed by atoms with Crippen LogP contribution in [0.4, 0.5) is 5.69 Å². The zero-order valence-corrected chi connectivity index (χ0v) is 16.4. The number of carbonyl (C=O) groups excluding carboxylic acids is 1. The van der Waals surface area contributed by atoms with Gasteiger partial charge in [-0.1, -0.05) is 49.4 Å². The molecule has 0 spiro atoms. The van der Waals surface area contributed by atoms with E-state index in [0.29, 0.717) is 6.42 Å². The van der Waals surface area contributed by atoms with Crippen LogP contribution in [-0.2, 0) is 16.0 Å².